The summed E-state index contributed by atoms with van der Waals surface area (Å²) in [6.07, 6.45) is 0.976. The molecule has 4 aromatic carbocycles. The van der Waals surface area contributed by atoms with Gasteiger partial charge in [0, 0.05) is 19.0 Å². The van der Waals surface area contributed by atoms with Crippen LogP contribution in [0.2, 0.25) is 0 Å². The molecule has 0 spiro atoms. The summed E-state index contributed by atoms with van der Waals surface area (Å²) >= 11 is 0. The number of hydrogen-bond donors (Lipinski definition) is 1. The van der Waals surface area contributed by atoms with Gasteiger partial charge < -0.3 is 15.0 Å². The van der Waals surface area contributed by atoms with E-state index in [1.54, 1.807) is 36.4 Å². The highest BCUT2D eigenvalue weighted by atomic mass is 32.2. The molecule has 0 aliphatic rings. The summed E-state index contributed by atoms with van der Waals surface area (Å²) in [5.74, 6) is -0.253. The molecule has 4 aromatic rings. The van der Waals surface area contributed by atoms with E-state index in [-0.39, 0.29) is 29.8 Å². The maximum absolute atomic E-state index is 14.6. The molecule has 0 saturated heterocycles. The first-order chi connectivity index (χ1) is 22.0. The Morgan fingerprint density at radius 1 is 0.804 bits per heavy atom. The highest BCUT2D eigenvalue weighted by molar-refractivity contribution is 7.92. The molecule has 2 amide bonds. The number of ether oxygens (including phenoxy) is 1. The first-order valence-corrected chi connectivity index (χ1v) is 16.9. The topological polar surface area (TPSA) is 96.0 Å². The van der Waals surface area contributed by atoms with Crippen molar-refractivity contribution in [1.82, 2.24) is 10.2 Å². The molecule has 2 atom stereocenters. The monoisotopic (exact) mass is 641 g/mol. The fourth-order valence-electron chi connectivity index (χ4n) is 5.00. The van der Waals surface area contributed by atoms with Crippen molar-refractivity contribution in [2.24, 2.45) is 0 Å². The largest absolute Gasteiger partial charge is 0.497 e. The van der Waals surface area contributed by atoms with Gasteiger partial charge in [-0.2, -0.15) is 0 Å². The lowest BCUT2D eigenvalue weighted by molar-refractivity contribution is -0.140. The molecule has 0 fully saturated rings. The van der Waals surface area contributed by atoms with Crippen LogP contribution in [0, 0.1) is 13.8 Å². The highest BCUT2D eigenvalue weighted by Gasteiger charge is 2.35. The Kier molecular flexibility index (Phi) is 11.6. The molecule has 242 valence electrons. The van der Waals surface area contributed by atoms with Gasteiger partial charge in [-0.05, 0) is 74.7 Å². The molecule has 0 bridgehead atoms. The zero-order valence-corrected chi connectivity index (χ0v) is 28.0. The Hall–Kier alpha value is -4.63. The van der Waals surface area contributed by atoms with E-state index in [0.29, 0.717) is 11.4 Å². The summed E-state index contributed by atoms with van der Waals surface area (Å²) in [5, 5.41) is 3.06. The van der Waals surface area contributed by atoms with Crippen LogP contribution in [-0.2, 0) is 32.6 Å². The Bertz CT molecular complexity index is 1690. The molecule has 8 nitrogen and oxygen atoms in total. The van der Waals surface area contributed by atoms with Gasteiger partial charge in [-0.15, -0.1) is 0 Å². The second kappa shape index (κ2) is 15.6. The maximum Gasteiger partial charge on any atom is 0.264 e. The van der Waals surface area contributed by atoms with Gasteiger partial charge in [0.05, 0.1) is 17.7 Å². The molecule has 46 heavy (non-hydrogen) atoms. The first-order valence-electron chi connectivity index (χ1n) is 15.4. The first kappa shape index (κ1) is 34.2. The third-order valence-corrected chi connectivity index (χ3v) is 9.78. The fourth-order valence-corrected chi connectivity index (χ4v) is 6.41. The smallest absolute Gasteiger partial charge is 0.264 e. The molecule has 4 rings (SSSR count). The molecule has 0 unspecified atom stereocenters. The molecular weight excluding hydrogens is 598 g/mol. The summed E-state index contributed by atoms with van der Waals surface area (Å²) in [7, 11) is -2.65. The molecule has 0 aliphatic heterocycles. The summed E-state index contributed by atoms with van der Waals surface area (Å²) in [5.41, 5.74) is 3.98. The zero-order valence-electron chi connectivity index (χ0n) is 27.1. The van der Waals surface area contributed by atoms with Crippen LogP contribution in [0.15, 0.2) is 108 Å². The number of sulfonamides is 1. The van der Waals surface area contributed by atoms with Gasteiger partial charge in [-0.3, -0.25) is 13.9 Å². The quantitative estimate of drug-likeness (QED) is 0.181. The minimum Gasteiger partial charge on any atom is -0.497 e. The van der Waals surface area contributed by atoms with E-state index < -0.39 is 28.5 Å². The summed E-state index contributed by atoms with van der Waals surface area (Å²) in [6.45, 7) is 7.36. The molecule has 9 heteroatoms. The number of carbonyl (C=O) groups is 2. The van der Waals surface area contributed by atoms with Gasteiger partial charge in [-0.1, -0.05) is 84.8 Å². The van der Waals surface area contributed by atoms with Crippen molar-refractivity contribution in [3.05, 3.63) is 125 Å². The van der Waals surface area contributed by atoms with E-state index in [2.05, 4.69) is 5.32 Å². The number of benzene rings is 4. The van der Waals surface area contributed by atoms with Gasteiger partial charge in [0.15, 0.2) is 0 Å². The van der Waals surface area contributed by atoms with Crippen LogP contribution >= 0.6 is 0 Å². The van der Waals surface area contributed by atoms with Gasteiger partial charge in [0.2, 0.25) is 11.8 Å². The lowest BCUT2D eigenvalue weighted by Crippen LogP contribution is -2.54. The Labute approximate surface area is 273 Å². The zero-order chi connectivity index (χ0) is 33.3. The van der Waals surface area contributed by atoms with E-state index in [0.717, 1.165) is 33.0 Å². The second-order valence-corrected chi connectivity index (χ2v) is 13.4. The van der Waals surface area contributed by atoms with Crippen LogP contribution in [-0.4, -0.2) is 50.9 Å². The van der Waals surface area contributed by atoms with Gasteiger partial charge in [0.1, 0.15) is 18.3 Å². The van der Waals surface area contributed by atoms with E-state index in [1.165, 1.54) is 24.1 Å². The van der Waals surface area contributed by atoms with Crippen molar-refractivity contribution in [3.8, 4) is 5.75 Å². The average molecular weight is 642 g/mol. The van der Waals surface area contributed by atoms with Crippen LogP contribution in [0.1, 0.15) is 42.5 Å². The molecule has 0 heterocycles. The van der Waals surface area contributed by atoms with Crippen molar-refractivity contribution >= 4 is 27.5 Å². The standard InChI is InChI=1S/C37H43N3O5S/c1-6-29(4)38-37(42)35(24-30-10-8-7-9-11-30)39(25-31-16-12-27(2)13-17-31)36(41)26-40(32-18-20-33(45-5)21-19-32)46(43,44)34-22-14-28(3)15-23-34/h7-23,29,35H,6,24-26H2,1-5H3,(H,38,42)/t29-,35-/m0/s1. The number of methoxy groups -OCH3 is 1. The van der Waals surface area contributed by atoms with Gasteiger partial charge in [-0.25, -0.2) is 8.42 Å². The van der Waals surface area contributed by atoms with E-state index in [1.807, 2.05) is 82.3 Å². The molecular formula is C37H43N3O5S. The van der Waals surface area contributed by atoms with Crippen LogP contribution in [0.3, 0.4) is 0 Å². The maximum atomic E-state index is 14.6. The minimum absolute atomic E-state index is 0.0575. The lowest BCUT2D eigenvalue weighted by Gasteiger charge is -2.34. The fraction of sp³-hybridized carbons (Fsp3) is 0.297. The van der Waals surface area contributed by atoms with Crippen LogP contribution in [0.25, 0.3) is 0 Å². The SMILES string of the molecule is CC[C@H](C)NC(=O)[C@H](Cc1ccccc1)N(Cc1ccc(C)cc1)C(=O)CN(c1ccc(OC)cc1)S(=O)(=O)c1ccc(C)cc1. The number of amides is 2. The van der Waals surface area contributed by atoms with E-state index in [4.69, 9.17) is 4.74 Å². The summed E-state index contributed by atoms with van der Waals surface area (Å²) in [6, 6.07) is 29.3. The Morgan fingerprint density at radius 2 is 1.39 bits per heavy atom. The molecule has 0 saturated carbocycles. The highest BCUT2D eigenvalue weighted by Crippen LogP contribution is 2.27. The van der Waals surface area contributed by atoms with Crippen LogP contribution < -0.4 is 14.4 Å². The molecule has 0 aliphatic carbocycles. The number of hydrogen-bond acceptors (Lipinski definition) is 5. The summed E-state index contributed by atoms with van der Waals surface area (Å²) < 4.78 is 34.8. The lowest BCUT2D eigenvalue weighted by atomic mass is 10.0. The van der Waals surface area contributed by atoms with Gasteiger partial charge >= 0.3 is 0 Å². The molecule has 0 radical (unpaired) electrons. The van der Waals surface area contributed by atoms with Gasteiger partial charge in [0.25, 0.3) is 10.0 Å². The number of nitrogens with zero attached hydrogens (tertiary/aromatic N) is 2. The Balaban J connectivity index is 1.80. The Morgan fingerprint density at radius 3 is 1.96 bits per heavy atom. The number of anilines is 1. The van der Waals surface area contributed by atoms with Crippen molar-refractivity contribution in [3.63, 3.8) is 0 Å². The average Bonchev–Trinajstić information content (AvgIpc) is 3.06. The third-order valence-electron chi connectivity index (χ3n) is 7.99. The normalized spacial score (nSPS) is 12.5. The number of nitrogens with one attached hydrogen (secondary N) is 1. The van der Waals surface area contributed by atoms with Crippen LogP contribution in [0.4, 0.5) is 5.69 Å². The van der Waals surface area contributed by atoms with E-state index in [9.17, 15) is 18.0 Å². The second-order valence-electron chi connectivity index (χ2n) is 11.6. The van der Waals surface area contributed by atoms with Crippen molar-refractivity contribution in [1.29, 1.82) is 0 Å². The molecule has 1 N–H and O–H groups in total. The van der Waals surface area contributed by atoms with Crippen molar-refractivity contribution < 1.29 is 22.7 Å². The van der Waals surface area contributed by atoms with E-state index >= 15 is 0 Å². The number of rotatable bonds is 14. The minimum atomic E-state index is -4.18. The predicted octanol–water partition coefficient (Wildman–Crippen LogP) is 6.06. The predicted molar refractivity (Wildman–Crippen MR) is 182 cm³/mol. The number of aryl methyl sites for hydroxylation is 2. The molecule has 0 aromatic heterocycles. The van der Waals surface area contributed by atoms with Crippen molar-refractivity contribution in [2.45, 2.75) is 64.1 Å². The third kappa shape index (κ3) is 8.75. The summed E-state index contributed by atoms with van der Waals surface area (Å²) in [4.78, 5) is 30.1. The number of carbonyl (C=O) groups excluding carboxylic acids is 2. The van der Waals surface area contributed by atoms with Crippen molar-refractivity contribution in [2.75, 3.05) is 18.0 Å². The van der Waals surface area contributed by atoms with Crippen LogP contribution in [0.5, 0.6) is 5.75 Å².